The molecule has 0 saturated carbocycles. The lowest BCUT2D eigenvalue weighted by molar-refractivity contribution is 0.489. The number of aromatic nitrogens is 1. The van der Waals surface area contributed by atoms with E-state index in [9.17, 15) is 0 Å². The second-order valence-electron chi connectivity index (χ2n) is 3.27. The third-order valence-corrected chi connectivity index (χ3v) is 2.27. The minimum absolute atomic E-state index is 0.765. The second kappa shape index (κ2) is 4.75. The number of nitrogens with one attached hydrogen (secondary N) is 1. The zero-order chi connectivity index (χ0) is 10.5. The molecule has 0 aliphatic heterocycles. The number of pyridine rings is 1. The molecule has 0 atom stereocenters. The fourth-order valence-corrected chi connectivity index (χ4v) is 1.50. The Bertz CT molecular complexity index is 409. The molecule has 0 fully saturated rings. The maximum Gasteiger partial charge on any atom is 0.125 e. The van der Waals surface area contributed by atoms with E-state index in [4.69, 9.17) is 4.42 Å². The van der Waals surface area contributed by atoms with Crippen LogP contribution in [0, 0.1) is 0 Å². The van der Waals surface area contributed by atoms with Crippen molar-refractivity contribution in [1.82, 2.24) is 10.3 Å². The number of hydrogen-bond acceptors (Lipinski definition) is 3. The molecule has 0 aromatic carbocycles. The molecule has 15 heavy (non-hydrogen) atoms. The Morgan fingerprint density at radius 1 is 1.27 bits per heavy atom. The fraction of sp³-hybridized carbons (Fsp3) is 0.250. The highest BCUT2D eigenvalue weighted by Crippen LogP contribution is 2.23. The molecule has 0 saturated heterocycles. The Morgan fingerprint density at radius 3 is 2.80 bits per heavy atom. The monoisotopic (exact) mass is 202 g/mol. The van der Waals surface area contributed by atoms with Crippen LogP contribution in [-0.4, -0.2) is 11.5 Å². The van der Waals surface area contributed by atoms with E-state index in [1.54, 1.807) is 18.7 Å². The zero-order valence-corrected chi connectivity index (χ0v) is 8.73. The smallest absolute Gasteiger partial charge is 0.125 e. The van der Waals surface area contributed by atoms with Gasteiger partial charge >= 0.3 is 0 Å². The summed E-state index contributed by atoms with van der Waals surface area (Å²) in [5.74, 6) is 0.975. The lowest BCUT2D eigenvalue weighted by atomic mass is 10.1. The van der Waals surface area contributed by atoms with Crippen LogP contribution in [0.5, 0.6) is 0 Å². The van der Waals surface area contributed by atoms with Crippen molar-refractivity contribution in [3.8, 4) is 11.1 Å². The van der Waals surface area contributed by atoms with E-state index >= 15 is 0 Å². The number of rotatable bonds is 4. The maximum absolute atomic E-state index is 5.44. The molecule has 0 unspecified atom stereocenters. The Kier molecular flexibility index (Phi) is 3.15. The quantitative estimate of drug-likeness (QED) is 0.827. The largest absolute Gasteiger partial charge is 0.467 e. The van der Waals surface area contributed by atoms with Gasteiger partial charge in [-0.2, -0.15) is 0 Å². The molecule has 0 radical (unpaired) electrons. The zero-order valence-electron chi connectivity index (χ0n) is 8.73. The van der Waals surface area contributed by atoms with E-state index in [-0.39, 0.29) is 0 Å². The first-order valence-corrected chi connectivity index (χ1v) is 5.09. The third kappa shape index (κ3) is 2.25. The summed E-state index contributed by atoms with van der Waals surface area (Å²) in [6, 6.07) is 5.96. The second-order valence-corrected chi connectivity index (χ2v) is 3.27. The summed E-state index contributed by atoms with van der Waals surface area (Å²) in [4.78, 5) is 4.00. The van der Waals surface area contributed by atoms with Crippen molar-refractivity contribution >= 4 is 0 Å². The van der Waals surface area contributed by atoms with Crippen LogP contribution in [0.4, 0.5) is 0 Å². The average Bonchev–Trinajstić information content (AvgIpc) is 2.75. The van der Waals surface area contributed by atoms with E-state index in [1.807, 2.05) is 18.2 Å². The van der Waals surface area contributed by atoms with Gasteiger partial charge in [-0.3, -0.25) is 4.98 Å². The highest BCUT2D eigenvalue weighted by Gasteiger charge is 2.07. The van der Waals surface area contributed by atoms with Crippen molar-refractivity contribution in [2.75, 3.05) is 6.54 Å². The molecule has 0 aliphatic rings. The summed E-state index contributed by atoms with van der Waals surface area (Å²) in [7, 11) is 0. The van der Waals surface area contributed by atoms with Crippen molar-refractivity contribution in [2.45, 2.75) is 13.5 Å². The number of furan rings is 1. The Morgan fingerprint density at radius 2 is 2.07 bits per heavy atom. The van der Waals surface area contributed by atoms with Crippen molar-refractivity contribution in [3.63, 3.8) is 0 Å². The summed E-state index contributed by atoms with van der Waals surface area (Å²) in [6.07, 6.45) is 5.31. The van der Waals surface area contributed by atoms with Crippen molar-refractivity contribution < 1.29 is 4.42 Å². The third-order valence-electron chi connectivity index (χ3n) is 2.27. The van der Waals surface area contributed by atoms with Crippen molar-refractivity contribution in [2.24, 2.45) is 0 Å². The summed E-state index contributed by atoms with van der Waals surface area (Å²) < 4.78 is 5.44. The van der Waals surface area contributed by atoms with Crippen molar-refractivity contribution in [3.05, 3.63) is 42.6 Å². The molecule has 0 aliphatic carbocycles. The molecule has 2 aromatic rings. The number of nitrogens with zero attached hydrogens (tertiary/aromatic N) is 1. The maximum atomic E-state index is 5.44. The van der Waals surface area contributed by atoms with Crippen molar-refractivity contribution in [1.29, 1.82) is 0 Å². The predicted octanol–water partition coefficient (Wildman–Crippen LogP) is 2.45. The molecule has 3 nitrogen and oxygen atoms in total. The molecule has 0 spiro atoms. The van der Waals surface area contributed by atoms with Gasteiger partial charge in [-0.1, -0.05) is 6.92 Å². The Labute approximate surface area is 89.1 Å². The Hall–Kier alpha value is -1.61. The summed E-state index contributed by atoms with van der Waals surface area (Å²) >= 11 is 0. The van der Waals surface area contributed by atoms with Crippen LogP contribution in [0.2, 0.25) is 0 Å². The lowest BCUT2D eigenvalue weighted by Crippen LogP contribution is -2.11. The van der Waals surface area contributed by atoms with E-state index in [1.165, 1.54) is 0 Å². The first kappa shape index (κ1) is 9.93. The minimum Gasteiger partial charge on any atom is -0.467 e. The minimum atomic E-state index is 0.765. The summed E-state index contributed by atoms with van der Waals surface area (Å²) in [5.41, 5.74) is 2.28. The SMILES string of the molecule is CCNCc1occc1-c1ccncc1. The highest BCUT2D eigenvalue weighted by atomic mass is 16.3. The van der Waals surface area contributed by atoms with Gasteiger partial charge in [0.2, 0.25) is 0 Å². The van der Waals surface area contributed by atoms with Gasteiger partial charge in [0.1, 0.15) is 5.76 Å². The molecule has 2 rings (SSSR count). The first-order valence-electron chi connectivity index (χ1n) is 5.09. The average molecular weight is 202 g/mol. The normalized spacial score (nSPS) is 10.5. The topological polar surface area (TPSA) is 38.1 Å². The van der Waals surface area contributed by atoms with Gasteiger partial charge in [-0.25, -0.2) is 0 Å². The van der Waals surface area contributed by atoms with E-state index < -0.39 is 0 Å². The standard InChI is InChI=1S/C12H14N2O/c1-2-13-9-12-11(5-8-15-12)10-3-6-14-7-4-10/h3-8,13H,2,9H2,1H3. The molecular formula is C12H14N2O. The summed E-state index contributed by atoms with van der Waals surface area (Å²) in [5, 5.41) is 3.25. The Balaban J connectivity index is 2.25. The molecule has 1 N–H and O–H groups in total. The molecular weight excluding hydrogens is 188 g/mol. The molecule has 2 aromatic heterocycles. The predicted molar refractivity (Wildman–Crippen MR) is 59.3 cm³/mol. The molecule has 0 amide bonds. The summed E-state index contributed by atoms with van der Waals surface area (Å²) in [6.45, 7) is 3.78. The van der Waals surface area contributed by atoms with Gasteiger partial charge < -0.3 is 9.73 Å². The van der Waals surface area contributed by atoms with Crippen LogP contribution in [-0.2, 0) is 6.54 Å². The van der Waals surface area contributed by atoms with E-state index in [2.05, 4.69) is 17.2 Å². The van der Waals surface area contributed by atoms with Crippen LogP contribution in [0.15, 0.2) is 41.3 Å². The molecule has 0 bridgehead atoms. The van der Waals surface area contributed by atoms with Gasteiger partial charge in [0, 0.05) is 18.0 Å². The van der Waals surface area contributed by atoms with Crippen LogP contribution >= 0.6 is 0 Å². The van der Waals surface area contributed by atoms with Crippen LogP contribution in [0.3, 0.4) is 0 Å². The van der Waals surface area contributed by atoms with Gasteiger partial charge in [-0.05, 0) is 30.3 Å². The molecule has 3 heteroatoms. The van der Waals surface area contributed by atoms with Gasteiger partial charge in [0.05, 0.1) is 12.8 Å². The fourth-order valence-electron chi connectivity index (χ4n) is 1.50. The lowest BCUT2D eigenvalue weighted by Gasteiger charge is -2.02. The highest BCUT2D eigenvalue weighted by molar-refractivity contribution is 5.64. The first-order chi connectivity index (χ1) is 7.42. The van der Waals surface area contributed by atoms with Gasteiger partial charge in [-0.15, -0.1) is 0 Å². The van der Waals surface area contributed by atoms with E-state index in [0.29, 0.717) is 0 Å². The van der Waals surface area contributed by atoms with Crippen LogP contribution < -0.4 is 5.32 Å². The van der Waals surface area contributed by atoms with Crippen LogP contribution in [0.1, 0.15) is 12.7 Å². The number of hydrogen-bond donors (Lipinski definition) is 1. The van der Waals surface area contributed by atoms with Gasteiger partial charge in [0.25, 0.3) is 0 Å². The van der Waals surface area contributed by atoms with Crippen LogP contribution in [0.25, 0.3) is 11.1 Å². The van der Waals surface area contributed by atoms with Gasteiger partial charge in [0.15, 0.2) is 0 Å². The van der Waals surface area contributed by atoms with E-state index in [0.717, 1.165) is 30.0 Å². The molecule has 78 valence electrons. The molecule has 2 heterocycles.